The summed E-state index contributed by atoms with van der Waals surface area (Å²) >= 11 is 0. The molecular formula is C13H23N3O2W. The zero-order chi connectivity index (χ0) is 13.1. The molecule has 0 amide bonds. The van der Waals surface area contributed by atoms with Gasteiger partial charge in [0.05, 0.1) is 5.69 Å². The molecule has 0 radical (unpaired) electrons. The second-order valence-electron chi connectivity index (χ2n) is 3.69. The van der Waals surface area contributed by atoms with Crippen LogP contribution in [0.4, 0.5) is 0 Å². The summed E-state index contributed by atoms with van der Waals surface area (Å²) in [5, 5.41) is 10.9. The Balaban J connectivity index is -0.000000379. The minimum Gasteiger partial charge on any atom is -0.693 e. The molecular weight excluding hydrogens is 414 g/mol. The number of carboxylic acid groups (broad SMARTS) is 1. The molecule has 0 saturated carbocycles. The summed E-state index contributed by atoms with van der Waals surface area (Å²) in [7, 11) is 0. The molecule has 0 spiro atoms. The van der Waals surface area contributed by atoms with Gasteiger partial charge < -0.3 is 16.6 Å². The first-order chi connectivity index (χ1) is 8.10. The van der Waals surface area contributed by atoms with Gasteiger partial charge in [-0.25, -0.2) is 6.54 Å². The standard InChI is InChI=1S/C9H11N2O2.C4H10.H2N.W/c1-7-2-3-8(11-4-7)5-10-6-9(12)13;1-3-4-2;;/h2-4,6,10H,5H2,1H3,(H,12,13);3-4H2,1-2H3;1H2;/q-1;;-1;+2. The van der Waals surface area contributed by atoms with Crippen LogP contribution in [0.5, 0.6) is 0 Å². The second kappa shape index (κ2) is 15.2. The molecule has 4 N–H and O–H groups in total. The van der Waals surface area contributed by atoms with Gasteiger partial charge >= 0.3 is 21.1 Å². The van der Waals surface area contributed by atoms with Crippen LogP contribution in [0.3, 0.4) is 0 Å². The molecule has 0 saturated heterocycles. The van der Waals surface area contributed by atoms with E-state index in [4.69, 9.17) is 5.11 Å². The average Bonchev–Trinajstić information content (AvgIpc) is 2.32. The fourth-order valence-corrected chi connectivity index (χ4v) is 0.846. The molecule has 108 valence electrons. The second-order valence-corrected chi connectivity index (χ2v) is 3.69. The normalized spacial score (nSPS) is 8.16. The van der Waals surface area contributed by atoms with Crippen molar-refractivity contribution < 1.29 is 31.0 Å². The number of unbranched alkanes of at least 4 members (excludes halogenated alkanes) is 1. The van der Waals surface area contributed by atoms with E-state index in [1.165, 1.54) is 12.8 Å². The summed E-state index contributed by atoms with van der Waals surface area (Å²) in [6.45, 7) is 7.75. The van der Waals surface area contributed by atoms with Crippen LogP contribution in [-0.4, -0.2) is 16.1 Å². The van der Waals surface area contributed by atoms with Crippen molar-refractivity contribution in [1.29, 1.82) is 0 Å². The van der Waals surface area contributed by atoms with Gasteiger partial charge in [-0.15, -0.1) is 0 Å². The monoisotopic (exact) mass is 437 g/mol. The van der Waals surface area contributed by atoms with Crippen molar-refractivity contribution in [2.45, 2.75) is 40.2 Å². The van der Waals surface area contributed by atoms with E-state index in [0.717, 1.165) is 17.8 Å². The van der Waals surface area contributed by atoms with E-state index in [0.29, 0.717) is 6.54 Å². The number of nitrogens with one attached hydrogen (secondary N) is 1. The Labute approximate surface area is 130 Å². The molecule has 1 heterocycles. The number of nitrogens with zero attached hydrogens (tertiary/aromatic N) is 1. The van der Waals surface area contributed by atoms with Crippen LogP contribution in [-0.2, 0) is 32.4 Å². The maximum absolute atomic E-state index is 10.1. The maximum atomic E-state index is 10.1. The number of nitrogens with two attached hydrogens (primary N) is 1. The first kappa shape index (κ1) is 23.2. The summed E-state index contributed by atoms with van der Waals surface area (Å²) in [4.78, 5) is 14.2. The largest absolute Gasteiger partial charge is 2.00 e. The van der Waals surface area contributed by atoms with Gasteiger partial charge in [0.1, 0.15) is 0 Å². The van der Waals surface area contributed by atoms with E-state index in [1.807, 2.05) is 19.1 Å². The summed E-state index contributed by atoms with van der Waals surface area (Å²) < 4.78 is 0. The Morgan fingerprint density at radius 1 is 1.37 bits per heavy atom. The molecule has 1 aromatic heterocycles. The molecule has 5 nitrogen and oxygen atoms in total. The summed E-state index contributed by atoms with van der Waals surface area (Å²) in [6, 6.07) is 3.79. The molecule has 0 fully saturated rings. The third kappa shape index (κ3) is 15.0. The number of hydrogen-bond donors (Lipinski definition) is 2. The summed E-state index contributed by atoms with van der Waals surface area (Å²) in [5.74, 6) is -0.980. The number of pyridine rings is 1. The van der Waals surface area contributed by atoms with E-state index in [-0.39, 0.29) is 27.2 Å². The number of aryl methyl sites for hydroxylation is 1. The average molecular weight is 437 g/mol. The van der Waals surface area contributed by atoms with Gasteiger partial charge in [0.15, 0.2) is 5.97 Å². The van der Waals surface area contributed by atoms with E-state index >= 15 is 0 Å². The van der Waals surface area contributed by atoms with Crippen molar-refractivity contribution in [2.24, 2.45) is 0 Å². The Morgan fingerprint density at radius 2 is 1.95 bits per heavy atom. The van der Waals surface area contributed by atoms with Crippen LogP contribution < -0.4 is 5.32 Å². The van der Waals surface area contributed by atoms with Crippen molar-refractivity contribution in [3.63, 3.8) is 0 Å². The number of carbonyl (C=O) groups is 1. The fraction of sp³-hybridized carbons (Fsp3) is 0.462. The number of aromatic nitrogens is 1. The van der Waals surface area contributed by atoms with Crippen LogP contribution in [0.25, 0.3) is 6.15 Å². The number of hydrogen-bond acceptors (Lipinski definition) is 3. The number of carboxylic acids is 1. The molecule has 6 heteroatoms. The minimum absolute atomic E-state index is 0. The van der Waals surface area contributed by atoms with Crippen LogP contribution in [0, 0.1) is 13.5 Å². The van der Waals surface area contributed by atoms with Gasteiger partial charge in [-0.2, -0.15) is 0 Å². The predicted octanol–water partition coefficient (Wildman–Crippen LogP) is 3.25. The summed E-state index contributed by atoms with van der Waals surface area (Å²) in [5.41, 5.74) is 1.91. The minimum atomic E-state index is -0.980. The van der Waals surface area contributed by atoms with Gasteiger partial charge in [0, 0.05) is 12.7 Å². The van der Waals surface area contributed by atoms with Gasteiger partial charge in [0.25, 0.3) is 0 Å². The van der Waals surface area contributed by atoms with Crippen molar-refractivity contribution in [1.82, 2.24) is 10.3 Å². The molecule has 0 bridgehead atoms. The molecule has 0 aliphatic rings. The third-order valence-electron chi connectivity index (χ3n) is 1.98. The van der Waals surface area contributed by atoms with Gasteiger partial charge in [-0.1, -0.05) is 32.8 Å². The Morgan fingerprint density at radius 3 is 2.32 bits per heavy atom. The topological polar surface area (TPSA) is 95.7 Å². The van der Waals surface area contributed by atoms with Crippen molar-refractivity contribution in [3.8, 4) is 0 Å². The number of aliphatic carboxylic acids is 1. The van der Waals surface area contributed by atoms with Crippen LogP contribution in [0.15, 0.2) is 18.3 Å². The van der Waals surface area contributed by atoms with Crippen LogP contribution in [0.1, 0.15) is 37.9 Å². The quantitative estimate of drug-likeness (QED) is 0.692. The Hall–Kier alpha value is -0.902. The first-order valence-electron chi connectivity index (χ1n) is 5.81. The molecule has 0 aliphatic heterocycles. The predicted molar refractivity (Wildman–Crippen MR) is 73.6 cm³/mol. The molecule has 0 atom stereocenters. The van der Waals surface area contributed by atoms with E-state index in [1.54, 1.807) is 6.20 Å². The van der Waals surface area contributed by atoms with Crippen LogP contribution in [0.2, 0.25) is 0 Å². The SMILES string of the molecule is CCCC.Cc1ccc(CN[CH-]C(=O)O)nc1.[NH2-].[W+2]. The van der Waals surface area contributed by atoms with Crippen molar-refractivity contribution in [3.05, 3.63) is 42.3 Å². The van der Waals surface area contributed by atoms with Crippen molar-refractivity contribution in [2.75, 3.05) is 0 Å². The van der Waals surface area contributed by atoms with Gasteiger partial charge in [0.2, 0.25) is 0 Å². The molecule has 1 aromatic rings. The Kier molecular flexibility index (Phi) is 18.5. The fourth-order valence-electron chi connectivity index (χ4n) is 0.846. The zero-order valence-corrected chi connectivity index (χ0v) is 14.7. The first-order valence-corrected chi connectivity index (χ1v) is 5.81. The third-order valence-corrected chi connectivity index (χ3v) is 1.98. The van der Waals surface area contributed by atoms with Crippen LogP contribution >= 0.6 is 0 Å². The smallest absolute Gasteiger partial charge is 0.693 e. The van der Waals surface area contributed by atoms with E-state index < -0.39 is 5.97 Å². The molecule has 0 unspecified atom stereocenters. The zero-order valence-electron chi connectivity index (χ0n) is 11.7. The number of rotatable bonds is 5. The van der Waals surface area contributed by atoms with E-state index in [9.17, 15) is 4.79 Å². The van der Waals surface area contributed by atoms with Gasteiger partial charge in [-0.3, -0.25) is 9.78 Å². The molecule has 19 heavy (non-hydrogen) atoms. The molecule has 0 aromatic carbocycles. The maximum Gasteiger partial charge on any atom is 2.00 e. The summed E-state index contributed by atoms with van der Waals surface area (Å²) in [6.07, 6.45) is 4.39. The van der Waals surface area contributed by atoms with Crippen molar-refractivity contribution >= 4 is 5.97 Å². The Bertz CT molecular complexity index is 316. The van der Waals surface area contributed by atoms with Gasteiger partial charge in [-0.05, 0) is 18.6 Å². The molecule has 0 aliphatic carbocycles. The molecule has 1 rings (SSSR count). The van der Waals surface area contributed by atoms with E-state index in [2.05, 4.69) is 24.1 Å².